The molecule has 0 spiro atoms. The molecule has 2 heterocycles. The number of aromatic amines is 1. The lowest BCUT2D eigenvalue weighted by Crippen LogP contribution is -2.49. The van der Waals surface area contributed by atoms with Crippen LogP contribution in [0.4, 0.5) is 0 Å². The summed E-state index contributed by atoms with van der Waals surface area (Å²) < 4.78 is 0. The predicted molar refractivity (Wildman–Crippen MR) is 51.3 cm³/mol. The fourth-order valence-electron chi connectivity index (χ4n) is 1.72. The molecular weight excluding hydrogens is 164 g/mol. The first-order valence-corrected chi connectivity index (χ1v) is 4.78. The maximum absolute atomic E-state index is 3.95. The highest BCUT2D eigenvalue weighted by atomic mass is 15.2. The molecule has 1 aromatic heterocycles. The largest absolute Gasteiger partial charge is 0.314 e. The monoisotopic (exact) mass is 180 g/mol. The van der Waals surface area contributed by atoms with E-state index in [4.69, 9.17) is 0 Å². The molecule has 4 heteroatoms. The van der Waals surface area contributed by atoms with Gasteiger partial charge in [-0.05, 0) is 6.92 Å². The van der Waals surface area contributed by atoms with Crippen LogP contribution in [-0.4, -0.2) is 40.8 Å². The maximum atomic E-state index is 3.95. The molecule has 0 bridgehead atoms. The van der Waals surface area contributed by atoms with Crippen molar-refractivity contribution in [1.29, 1.82) is 0 Å². The van der Waals surface area contributed by atoms with Crippen LogP contribution in [0.15, 0.2) is 12.4 Å². The summed E-state index contributed by atoms with van der Waals surface area (Å²) in [5.41, 5.74) is 1.27. The van der Waals surface area contributed by atoms with Gasteiger partial charge in [0.2, 0.25) is 0 Å². The third-order valence-electron chi connectivity index (χ3n) is 2.58. The average molecular weight is 180 g/mol. The summed E-state index contributed by atoms with van der Waals surface area (Å²) in [6.45, 7) is 6.60. The number of hydrogen-bond donors (Lipinski definition) is 2. The molecule has 1 aromatic rings. The molecule has 2 N–H and O–H groups in total. The summed E-state index contributed by atoms with van der Waals surface area (Å²) in [4.78, 5) is 2.47. The summed E-state index contributed by atoms with van der Waals surface area (Å²) in [7, 11) is 0. The molecule has 2 rings (SSSR count). The van der Waals surface area contributed by atoms with Crippen LogP contribution in [0, 0.1) is 0 Å². The van der Waals surface area contributed by atoms with Gasteiger partial charge in [0.25, 0.3) is 0 Å². The number of aromatic nitrogens is 2. The van der Waals surface area contributed by atoms with Crippen LogP contribution in [0.5, 0.6) is 0 Å². The summed E-state index contributed by atoms with van der Waals surface area (Å²) in [5.74, 6) is 0. The zero-order chi connectivity index (χ0) is 9.10. The van der Waals surface area contributed by atoms with Crippen LogP contribution < -0.4 is 5.32 Å². The molecule has 1 fully saturated rings. The van der Waals surface area contributed by atoms with Gasteiger partial charge in [-0.25, -0.2) is 0 Å². The second-order valence-electron chi connectivity index (χ2n) is 3.63. The first-order valence-electron chi connectivity index (χ1n) is 4.78. The third kappa shape index (κ3) is 2.08. The van der Waals surface area contributed by atoms with Crippen LogP contribution in [-0.2, 0) is 6.54 Å². The van der Waals surface area contributed by atoms with E-state index in [0.29, 0.717) is 6.04 Å². The Morgan fingerprint density at radius 3 is 3.31 bits per heavy atom. The smallest absolute Gasteiger partial charge is 0.0532 e. The molecule has 1 saturated heterocycles. The van der Waals surface area contributed by atoms with Crippen molar-refractivity contribution in [3.05, 3.63) is 18.0 Å². The highest BCUT2D eigenvalue weighted by molar-refractivity contribution is 5.02. The van der Waals surface area contributed by atoms with Gasteiger partial charge in [-0.3, -0.25) is 10.00 Å². The Kier molecular flexibility index (Phi) is 2.61. The van der Waals surface area contributed by atoms with E-state index in [0.717, 1.165) is 26.2 Å². The summed E-state index contributed by atoms with van der Waals surface area (Å²) in [6, 6.07) is 0.628. The second-order valence-corrected chi connectivity index (χ2v) is 3.63. The Balaban J connectivity index is 1.93. The van der Waals surface area contributed by atoms with Crippen molar-refractivity contribution in [2.75, 3.05) is 19.6 Å². The standard InChI is InChI=1S/C9H16N4/c1-8-4-10-2-3-13(8)7-9-5-11-12-6-9/h5-6,8,10H,2-4,7H2,1H3,(H,11,12)/t8-/m0/s1. The van der Waals surface area contributed by atoms with Gasteiger partial charge in [-0.1, -0.05) is 0 Å². The predicted octanol–water partition coefficient (Wildman–Crippen LogP) is 0.203. The quantitative estimate of drug-likeness (QED) is 0.683. The Morgan fingerprint density at radius 2 is 2.62 bits per heavy atom. The van der Waals surface area contributed by atoms with Crippen molar-refractivity contribution in [2.24, 2.45) is 0 Å². The molecule has 1 atom stereocenters. The van der Waals surface area contributed by atoms with E-state index in [2.05, 4.69) is 27.3 Å². The van der Waals surface area contributed by atoms with Crippen LogP contribution in [0.25, 0.3) is 0 Å². The van der Waals surface area contributed by atoms with Crippen molar-refractivity contribution in [2.45, 2.75) is 19.5 Å². The maximum Gasteiger partial charge on any atom is 0.0532 e. The minimum Gasteiger partial charge on any atom is -0.314 e. The summed E-state index contributed by atoms with van der Waals surface area (Å²) >= 11 is 0. The van der Waals surface area contributed by atoms with Gasteiger partial charge in [0.1, 0.15) is 0 Å². The molecule has 0 radical (unpaired) electrons. The van der Waals surface area contributed by atoms with Gasteiger partial charge in [0.05, 0.1) is 6.20 Å². The molecule has 13 heavy (non-hydrogen) atoms. The Morgan fingerprint density at radius 1 is 1.69 bits per heavy atom. The third-order valence-corrected chi connectivity index (χ3v) is 2.58. The average Bonchev–Trinajstić information content (AvgIpc) is 2.61. The van der Waals surface area contributed by atoms with Crippen LogP contribution in [0.1, 0.15) is 12.5 Å². The van der Waals surface area contributed by atoms with Gasteiger partial charge in [-0.2, -0.15) is 5.10 Å². The number of nitrogens with one attached hydrogen (secondary N) is 2. The van der Waals surface area contributed by atoms with Gasteiger partial charge in [0, 0.05) is 44.0 Å². The van der Waals surface area contributed by atoms with Crippen molar-refractivity contribution in [3.8, 4) is 0 Å². The fourth-order valence-corrected chi connectivity index (χ4v) is 1.72. The topological polar surface area (TPSA) is 44.0 Å². The molecule has 4 nitrogen and oxygen atoms in total. The van der Waals surface area contributed by atoms with Gasteiger partial charge >= 0.3 is 0 Å². The number of hydrogen-bond acceptors (Lipinski definition) is 3. The summed E-state index contributed by atoms with van der Waals surface area (Å²) in [5, 5.41) is 10.2. The van der Waals surface area contributed by atoms with Gasteiger partial charge in [0.15, 0.2) is 0 Å². The van der Waals surface area contributed by atoms with Crippen molar-refractivity contribution in [3.63, 3.8) is 0 Å². The molecule has 1 aliphatic heterocycles. The first-order chi connectivity index (χ1) is 6.36. The van der Waals surface area contributed by atoms with Crippen molar-refractivity contribution < 1.29 is 0 Å². The van der Waals surface area contributed by atoms with Gasteiger partial charge in [-0.15, -0.1) is 0 Å². The van der Waals surface area contributed by atoms with E-state index < -0.39 is 0 Å². The molecule has 0 unspecified atom stereocenters. The van der Waals surface area contributed by atoms with Gasteiger partial charge < -0.3 is 5.32 Å². The molecule has 72 valence electrons. The van der Waals surface area contributed by atoms with Crippen molar-refractivity contribution >= 4 is 0 Å². The van der Waals surface area contributed by atoms with E-state index in [-0.39, 0.29) is 0 Å². The number of piperazine rings is 1. The molecule has 0 aliphatic carbocycles. The minimum atomic E-state index is 0.628. The second kappa shape index (κ2) is 3.89. The Labute approximate surface area is 78.3 Å². The highest BCUT2D eigenvalue weighted by Crippen LogP contribution is 2.07. The van der Waals surface area contributed by atoms with E-state index in [1.807, 2.05) is 12.4 Å². The first kappa shape index (κ1) is 8.72. The molecule has 0 saturated carbocycles. The summed E-state index contributed by atoms with van der Waals surface area (Å²) in [6.07, 6.45) is 3.86. The molecular formula is C9H16N4. The van der Waals surface area contributed by atoms with Crippen LogP contribution in [0.3, 0.4) is 0 Å². The normalized spacial score (nSPS) is 24.8. The lowest BCUT2D eigenvalue weighted by molar-refractivity contribution is 0.165. The fraction of sp³-hybridized carbons (Fsp3) is 0.667. The SMILES string of the molecule is C[C@H]1CNCCN1Cc1cn[nH]c1. The zero-order valence-corrected chi connectivity index (χ0v) is 7.95. The van der Waals surface area contributed by atoms with Crippen LogP contribution in [0.2, 0.25) is 0 Å². The van der Waals surface area contributed by atoms with Crippen LogP contribution >= 0.6 is 0 Å². The minimum absolute atomic E-state index is 0.628. The Hall–Kier alpha value is -0.870. The van der Waals surface area contributed by atoms with E-state index >= 15 is 0 Å². The van der Waals surface area contributed by atoms with E-state index in [1.54, 1.807) is 0 Å². The Bertz CT molecular complexity index is 244. The van der Waals surface area contributed by atoms with E-state index in [9.17, 15) is 0 Å². The zero-order valence-electron chi connectivity index (χ0n) is 7.95. The molecule has 0 amide bonds. The molecule has 0 aromatic carbocycles. The molecule has 1 aliphatic rings. The van der Waals surface area contributed by atoms with Crippen molar-refractivity contribution in [1.82, 2.24) is 20.4 Å². The van der Waals surface area contributed by atoms with E-state index in [1.165, 1.54) is 5.56 Å². The number of rotatable bonds is 2. The lowest BCUT2D eigenvalue weighted by atomic mass is 10.2. The number of H-pyrrole nitrogens is 1. The highest BCUT2D eigenvalue weighted by Gasteiger charge is 2.17. The lowest BCUT2D eigenvalue weighted by Gasteiger charge is -2.33. The number of nitrogens with zero attached hydrogens (tertiary/aromatic N) is 2.